The van der Waals surface area contributed by atoms with Crippen LogP contribution in [0.25, 0.3) is 0 Å². The largest absolute Gasteiger partial charge is 0.468 e. The molecule has 0 aromatic carbocycles. The number of esters is 3. The van der Waals surface area contributed by atoms with Crippen molar-refractivity contribution in [3.8, 4) is 0 Å². The number of hydrogen-bond acceptors (Lipinski definition) is 8. The maximum Gasteiger partial charge on any atom is 0.336 e. The molecule has 0 saturated heterocycles. The Kier molecular flexibility index (Phi) is 6.93. The molecular formula is C19H26N2O7. The normalized spacial score (nSPS) is 22.7. The molecule has 154 valence electrons. The fraction of sp³-hybridized carbons (Fsp3) is 0.632. The van der Waals surface area contributed by atoms with Crippen molar-refractivity contribution in [3.05, 3.63) is 11.3 Å². The number of carbonyl (C=O) groups is 4. The van der Waals surface area contributed by atoms with Gasteiger partial charge in [-0.15, -0.1) is 0 Å². The smallest absolute Gasteiger partial charge is 0.336 e. The molecule has 2 aliphatic rings. The number of nitrogens with zero attached hydrogens (tertiary/aromatic N) is 1. The van der Waals surface area contributed by atoms with E-state index in [1.807, 2.05) is 6.92 Å². The van der Waals surface area contributed by atoms with Crippen molar-refractivity contribution in [2.75, 3.05) is 20.8 Å². The lowest BCUT2D eigenvalue weighted by atomic mass is 9.80. The van der Waals surface area contributed by atoms with Gasteiger partial charge in [-0.1, -0.05) is 0 Å². The zero-order valence-corrected chi connectivity index (χ0v) is 16.7. The van der Waals surface area contributed by atoms with Gasteiger partial charge in [-0.25, -0.2) is 4.79 Å². The highest BCUT2D eigenvalue weighted by molar-refractivity contribution is 6.10. The minimum absolute atomic E-state index is 0.00542. The lowest BCUT2D eigenvalue weighted by Crippen LogP contribution is -2.43. The molecule has 9 heteroatoms. The Balaban J connectivity index is 2.18. The van der Waals surface area contributed by atoms with Gasteiger partial charge in [0.25, 0.3) is 5.91 Å². The molecule has 1 aliphatic carbocycles. The number of rotatable bonds is 7. The first-order chi connectivity index (χ1) is 13.2. The Morgan fingerprint density at radius 1 is 1.07 bits per heavy atom. The lowest BCUT2D eigenvalue weighted by Gasteiger charge is -2.29. The minimum Gasteiger partial charge on any atom is -0.468 e. The number of aliphatic imine (C=N–C) groups is 1. The van der Waals surface area contributed by atoms with Crippen molar-refractivity contribution in [1.29, 1.82) is 0 Å². The Hall–Kier alpha value is -2.71. The molecule has 3 atom stereocenters. The van der Waals surface area contributed by atoms with E-state index in [9.17, 15) is 19.2 Å². The Morgan fingerprint density at radius 3 is 2.25 bits per heavy atom. The second-order valence-corrected chi connectivity index (χ2v) is 7.02. The number of amides is 1. The summed E-state index contributed by atoms with van der Waals surface area (Å²) in [6.07, 6.45) is 2.13. The molecule has 28 heavy (non-hydrogen) atoms. The van der Waals surface area contributed by atoms with Gasteiger partial charge in [0.1, 0.15) is 11.8 Å². The second kappa shape index (κ2) is 8.99. The number of hydrogen-bond donors (Lipinski definition) is 1. The zero-order valence-electron chi connectivity index (χ0n) is 16.7. The van der Waals surface area contributed by atoms with Gasteiger partial charge >= 0.3 is 17.9 Å². The first-order valence-electron chi connectivity index (χ1n) is 9.09. The van der Waals surface area contributed by atoms with Gasteiger partial charge in [0.2, 0.25) is 0 Å². The summed E-state index contributed by atoms with van der Waals surface area (Å²) in [6, 6.07) is 0.00542. The molecule has 0 bridgehead atoms. The summed E-state index contributed by atoms with van der Waals surface area (Å²) in [6.45, 7) is 4.48. The third-order valence-electron chi connectivity index (χ3n) is 5.01. The standard InChI is InChI=1S/C19H26N2O7/c1-9(12-6-7-12)21-13(22)8-28-19(25)16-14(17(23)26-4)10(2)20-11(3)15(16)18(24)27-5/h9,12,14,16H,6-8H2,1-5H3,(H,21,22)/t9-,14?,16+/m1/s1. The van der Waals surface area contributed by atoms with Gasteiger partial charge in [0.15, 0.2) is 6.61 Å². The molecule has 1 aliphatic heterocycles. The van der Waals surface area contributed by atoms with Crippen LogP contribution in [0, 0.1) is 17.8 Å². The molecule has 1 unspecified atom stereocenters. The van der Waals surface area contributed by atoms with E-state index in [0.717, 1.165) is 20.0 Å². The van der Waals surface area contributed by atoms with Gasteiger partial charge in [-0.05, 0) is 39.5 Å². The van der Waals surface area contributed by atoms with Crippen LogP contribution in [-0.2, 0) is 33.4 Å². The third kappa shape index (κ3) is 4.76. The first-order valence-corrected chi connectivity index (χ1v) is 9.09. The summed E-state index contributed by atoms with van der Waals surface area (Å²) in [7, 11) is 2.34. The topological polar surface area (TPSA) is 120 Å². The average Bonchev–Trinajstić information content (AvgIpc) is 3.49. The summed E-state index contributed by atoms with van der Waals surface area (Å²) in [4.78, 5) is 53.5. The summed E-state index contributed by atoms with van der Waals surface area (Å²) < 4.78 is 14.6. The number of ether oxygens (including phenoxy) is 3. The van der Waals surface area contributed by atoms with E-state index in [1.54, 1.807) is 6.92 Å². The maximum atomic E-state index is 12.8. The molecule has 1 amide bonds. The molecule has 0 aromatic heterocycles. The van der Waals surface area contributed by atoms with Crippen LogP contribution in [0.1, 0.15) is 33.6 Å². The number of nitrogens with one attached hydrogen (secondary N) is 1. The Labute approximate surface area is 163 Å². The van der Waals surface area contributed by atoms with Crippen molar-refractivity contribution in [2.45, 2.75) is 39.7 Å². The molecule has 1 heterocycles. The predicted octanol–water partition coefficient (Wildman–Crippen LogP) is 0.771. The van der Waals surface area contributed by atoms with E-state index >= 15 is 0 Å². The lowest BCUT2D eigenvalue weighted by molar-refractivity contribution is -0.158. The van der Waals surface area contributed by atoms with Crippen LogP contribution in [0.4, 0.5) is 0 Å². The second-order valence-electron chi connectivity index (χ2n) is 7.02. The van der Waals surface area contributed by atoms with Crippen LogP contribution in [0.5, 0.6) is 0 Å². The predicted molar refractivity (Wildman–Crippen MR) is 98.1 cm³/mol. The minimum atomic E-state index is -1.30. The Morgan fingerprint density at radius 2 is 1.71 bits per heavy atom. The molecule has 2 rings (SSSR count). The molecule has 0 spiro atoms. The monoisotopic (exact) mass is 394 g/mol. The van der Waals surface area contributed by atoms with Crippen molar-refractivity contribution in [3.63, 3.8) is 0 Å². The summed E-state index contributed by atoms with van der Waals surface area (Å²) in [5, 5.41) is 2.77. The van der Waals surface area contributed by atoms with Crippen LogP contribution in [0.15, 0.2) is 16.3 Å². The highest BCUT2D eigenvalue weighted by atomic mass is 16.5. The average molecular weight is 394 g/mol. The van der Waals surface area contributed by atoms with E-state index < -0.39 is 42.3 Å². The quantitative estimate of drug-likeness (QED) is 0.500. The highest BCUT2D eigenvalue weighted by Gasteiger charge is 2.46. The number of allylic oxidation sites excluding steroid dienone is 1. The summed E-state index contributed by atoms with van der Waals surface area (Å²) >= 11 is 0. The Bertz CT molecular complexity index is 737. The van der Waals surface area contributed by atoms with Gasteiger partial charge < -0.3 is 19.5 Å². The SMILES string of the molecule is COC(=O)C1=C(C)N=C(C)C(C(=O)OC)[C@@H]1C(=O)OCC(=O)N[C@H](C)C1CC1. The van der Waals surface area contributed by atoms with E-state index in [1.165, 1.54) is 14.0 Å². The van der Waals surface area contributed by atoms with Crippen molar-refractivity contribution < 1.29 is 33.4 Å². The van der Waals surface area contributed by atoms with Crippen LogP contribution in [-0.4, -0.2) is 56.4 Å². The molecule has 9 nitrogen and oxygen atoms in total. The van der Waals surface area contributed by atoms with Crippen molar-refractivity contribution in [1.82, 2.24) is 5.32 Å². The molecule has 1 fully saturated rings. The van der Waals surface area contributed by atoms with Gasteiger partial charge in [0, 0.05) is 17.5 Å². The van der Waals surface area contributed by atoms with Crippen molar-refractivity contribution in [2.24, 2.45) is 22.7 Å². The maximum absolute atomic E-state index is 12.8. The fourth-order valence-electron chi connectivity index (χ4n) is 3.34. The summed E-state index contributed by atoms with van der Waals surface area (Å²) in [5.74, 6) is -4.84. The molecule has 0 aromatic rings. The van der Waals surface area contributed by atoms with E-state index in [0.29, 0.717) is 11.6 Å². The number of carbonyl (C=O) groups excluding carboxylic acids is 4. The van der Waals surface area contributed by atoms with Crippen molar-refractivity contribution >= 4 is 29.5 Å². The summed E-state index contributed by atoms with van der Waals surface area (Å²) in [5.41, 5.74) is 0.476. The van der Waals surface area contributed by atoms with Crippen LogP contribution < -0.4 is 5.32 Å². The molecule has 1 N–H and O–H groups in total. The van der Waals surface area contributed by atoms with Crippen LogP contribution in [0.2, 0.25) is 0 Å². The van der Waals surface area contributed by atoms with E-state index in [2.05, 4.69) is 10.3 Å². The fourth-order valence-corrected chi connectivity index (χ4v) is 3.34. The van der Waals surface area contributed by atoms with E-state index in [-0.39, 0.29) is 17.3 Å². The molecular weight excluding hydrogens is 368 g/mol. The first kappa shape index (κ1) is 21.6. The third-order valence-corrected chi connectivity index (χ3v) is 5.01. The van der Waals surface area contributed by atoms with E-state index in [4.69, 9.17) is 14.2 Å². The zero-order chi connectivity index (χ0) is 21.0. The van der Waals surface area contributed by atoms with Crippen LogP contribution >= 0.6 is 0 Å². The van der Waals surface area contributed by atoms with Gasteiger partial charge in [0.05, 0.1) is 19.8 Å². The van der Waals surface area contributed by atoms with Crippen LogP contribution in [0.3, 0.4) is 0 Å². The number of methoxy groups -OCH3 is 2. The molecule has 1 saturated carbocycles. The van der Waals surface area contributed by atoms with Gasteiger partial charge in [-0.3, -0.25) is 19.4 Å². The van der Waals surface area contributed by atoms with Gasteiger partial charge in [-0.2, -0.15) is 0 Å². The molecule has 0 radical (unpaired) electrons. The highest BCUT2D eigenvalue weighted by Crippen LogP contribution is 2.34.